The molecule has 11 heavy (non-hydrogen) atoms. The van der Waals surface area contributed by atoms with Gasteiger partial charge in [-0.25, -0.2) is 8.42 Å². The molecule has 1 fully saturated rings. The summed E-state index contributed by atoms with van der Waals surface area (Å²) in [5.41, 5.74) is 0. The molecule has 0 aliphatic carbocycles. The molecule has 1 atom stereocenters. The third-order valence-corrected chi connectivity index (χ3v) is 4.05. The van der Waals surface area contributed by atoms with Crippen molar-refractivity contribution in [2.45, 2.75) is 12.5 Å². The Morgan fingerprint density at radius 1 is 1.27 bits per heavy atom. The Kier molecular flexibility index (Phi) is 2.01. The van der Waals surface area contributed by atoms with Crippen molar-refractivity contribution in [3.8, 4) is 0 Å². The van der Waals surface area contributed by atoms with E-state index >= 15 is 0 Å². The van der Waals surface area contributed by atoms with Gasteiger partial charge in [0, 0.05) is 6.42 Å². The van der Waals surface area contributed by atoms with Gasteiger partial charge < -0.3 is 4.48 Å². The fourth-order valence-corrected chi connectivity index (χ4v) is 3.38. The van der Waals surface area contributed by atoms with Crippen molar-refractivity contribution >= 4 is 9.84 Å². The van der Waals surface area contributed by atoms with Gasteiger partial charge in [-0.15, -0.1) is 0 Å². The van der Waals surface area contributed by atoms with Gasteiger partial charge in [0.15, 0.2) is 9.84 Å². The van der Waals surface area contributed by atoms with Crippen molar-refractivity contribution in [1.29, 1.82) is 0 Å². The number of nitrogens with zero attached hydrogens (tertiary/aromatic N) is 1. The minimum atomic E-state index is -2.69. The highest BCUT2D eigenvalue weighted by Gasteiger charge is 2.36. The molecule has 1 aliphatic rings. The average Bonchev–Trinajstić information content (AvgIpc) is 2.07. The normalized spacial score (nSPS) is 30.6. The van der Waals surface area contributed by atoms with E-state index in [1.54, 1.807) is 0 Å². The Hall–Kier alpha value is -0.0900. The van der Waals surface area contributed by atoms with Crippen LogP contribution in [0.15, 0.2) is 0 Å². The summed E-state index contributed by atoms with van der Waals surface area (Å²) < 4.78 is 22.9. The molecule has 1 heterocycles. The van der Waals surface area contributed by atoms with E-state index in [4.69, 9.17) is 0 Å². The fraction of sp³-hybridized carbons (Fsp3) is 1.00. The van der Waals surface area contributed by atoms with Crippen LogP contribution in [0, 0.1) is 0 Å². The molecule has 0 unspecified atom stereocenters. The van der Waals surface area contributed by atoms with Gasteiger partial charge in [-0.2, -0.15) is 0 Å². The SMILES string of the molecule is C[N+](C)(C)[C@H]1CCS(=O)(=O)C1. The molecule has 0 aromatic carbocycles. The minimum Gasteiger partial charge on any atom is -0.328 e. The van der Waals surface area contributed by atoms with Crippen molar-refractivity contribution < 1.29 is 12.9 Å². The Balaban J connectivity index is 2.70. The molecule has 1 aliphatic heterocycles. The lowest BCUT2D eigenvalue weighted by molar-refractivity contribution is -0.892. The first-order chi connectivity index (χ1) is 4.81. The highest BCUT2D eigenvalue weighted by Crippen LogP contribution is 2.19. The number of hydrogen-bond acceptors (Lipinski definition) is 2. The summed E-state index contributed by atoms with van der Waals surface area (Å²) in [5, 5.41) is 0. The molecule has 0 spiro atoms. The standard InChI is InChI=1S/C7H16NO2S/c1-8(2,3)7-4-5-11(9,10)6-7/h7H,4-6H2,1-3H3/q+1/t7-/m0/s1. The van der Waals surface area contributed by atoms with E-state index < -0.39 is 9.84 Å². The molecule has 0 bridgehead atoms. The molecule has 0 aromatic rings. The molecular weight excluding hydrogens is 162 g/mol. The second-order valence-corrected chi connectivity index (χ2v) is 6.40. The Morgan fingerprint density at radius 2 is 1.82 bits per heavy atom. The van der Waals surface area contributed by atoms with Crippen molar-refractivity contribution in [2.75, 3.05) is 32.6 Å². The predicted molar refractivity (Wildman–Crippen MR) is 45.1 cm³/mol. The molecule has 0 aromatic heterocycles. The van der Waals surface area contributed by atoms with E-state index in [0.717, 1.165) is 10.9 Å². The Morgan fingerprint density at radius 3 is 2.00 bits per heavy atom. The van der Waals surface area contributed by atoms with Gasteiger partial charge in [0.05, 0.1) is 26.9 Å². The number of rotatable bonds is 1. The second kappa shape index (κ2) is 2.45. The van der Waals surface area contributed by atoms with Gasteiger partial charge in [-0.1, -0.05) is 0 Å². The number of sulfone groups is 1. The van der Waals surface area contributed by atoms with Crippen LogP contribution < -0.4 is 0 Å². The summed E-state index contributed by atoms with van der Waals surface area (Å²) in [6.07, 6.45) is 0.825. The molecule has 0 amide bonds. The molecule has 0 radical (unpaired) electrons. The van der Waals surface area contributed by atoms with Crippen LogP contribution in [-0.4, -0.2) is 51.6 Å². The molecule has 1 rings (SSSR count). The van der Waals surface area contributed by atoms with Gasteiger partial charge in [-0.3, -0.25) is 0 Å². The first-order valence-corrected chi connectivity index (χ1v) is 5.65. The zero-order valence-electron chi connectivity index (χ0n) is 7.37. The smallest absolute Gasteiger partial charge is 0.156 e. The molecular formula is C7H16NO2S+. The first kappa shape index (κ1) is 9.00. The second-order valence-electron chi connectivity index (χ2n) is 4.17. The zero-order chi connectivity index (χ0) is 8.70. The Labute approximate surface area is 68.5 Å². The highest BCUT2D eigenvalue weighted by atomic mass is 32.2. The lowest BCUT2D eigenvalue weighted by Crippen LogP contribution is -2.45. The quantitative estimate of drug-likeness (QED) is 0.525. The van der Waals surface area contributed by atoms with Crippen LogP contribution >= 0.6 is 0 Å². The van der Waals surface area contributed by atoms with Crippen molar-refractivity contribution in [2.24, 2.45) is 0 Å². The first-order valence-electron chi connectivity index (χ1n) is 3.83. The maximum atomic E-state index is 11.1. The third-order valence-electron chi connectivity index (χ3n) is 2.30. The van der Waals surface area contributed by atoms with E-state index in [2.05, 4.69) is 0 Å². The van der Waals surface area contributed by atoms with Crippen LogP contribution in [0.1, 0.15) is 6.42 Å². The van der Waals surface area contributed by atoms with Gasteiger partial charge in [0.25, 0.3) is 0 Å². The Bertz CT molecular complexity index is 238. The van der Waals surface area contributed by atoms with Gasteiger partial charge >= 0.3 is 0 Å². The average molecular weight is 178 g/mol. The topological polar surface area (TPSA) is 34.1 Å². The number of quaternary nitrogens is 1. The van der Waals surface area contributed by atoms with Crippen LogP contribution in [0.25, 0.3) is 0 Å². The van der Waals surface area contributed by atoms with Gasteiger partial charge in [0.2, 0.25) is 0 Å². The van der Waals surface area contributed by atoms with Crippen LogP contribution in [0.2, 0.25) is 0 Å². The molecule has 4 heteroatoms. The molecule has 66 valence electrons. The minimum absolute atomic E-state index is 0.306. The summed E-state index contributed by atoms with van der Waals surface area (Å²) >= 11 is 0. The molecule has 0 N–H and O–H groups in total. The third kappa shape index (κ3) is 2.17. The predicted octanol–water partition coefficient (Wildman–Crippen LogP) is -0.120. The molecule has 0 saturated carbocycles. The molecule has 3 nitrogen and oxygen atoms in total. The van der Waals surface area contributed by atoms with E-state index in [9.17, 15) is 8.42 Å². The van der Waals surface area contributed by atoms with Crippen LogP contribution in [-0.2, 0) is 9.84 Å². The zero-order valence-corrected chi connectivity index (χ0v) is 8.19. The van der Waals surface area contributed by atoms with E-state index in [-0.39, 0.29) is 0 Å². The summed E-state index contributed by atoms with van der Waals surface area (Å²) in [6, 6.07) is 0.306. The van der Waals surface area contributed by atoms with Crippen molar-refractivity contribution in [3.63, 3.8) is 0 Å². The maximum absolute atomic E-state index is 11.1. The van der Waals surface area contributed by atoms with Crippen LogP contribution in [0.4, 0.5) is 0 Å². The fourth-order valence-electron chi connectivity index (χ4n) is 1.39. The van der Waals surface area contributed by atoms with Crippen LogP contribution in [0.3, 0.4) is 0 Å². The highest BCUT2D eigenvalue weighted by molar-refractivity contribution is 7.91. The van der Waals surface area contributed by atoms with Gasteiger partial charge in [0.1, 0.15) is 11.8 Å². The summed E-state index contributed by atoms with van der Waals surface area (Å²) in [5.74, 6) is 0.754. The summed E-state index contributed by atoms with van der Waals surface area (Å²) in [6.45, 7) is 0. The monoisotopic (exact) mass is 178 g/mol. The maximum Gasteiger partial charge on any atom is 0.156 e. The van der Waals surface area contributed by atoms with Gasteiger partial charge in [-0.05, 0) is 0 Å². The summed E-state index contributed by atoms with van der Waals surface area (Å²) in [7, 11) is 3.45. The van der Waals surface area contributed by atoms with Crippen molar-refractivity contribution in [3.05, 3.63) is 0 Å². The van der Waals surface area contributed by atoms with Crippen molar-refractivity contribution in [1.82, 2.24) is 0 Å². The number of hydrogen-bond donors (Lipinski definition) is 0. The van der Waals surface area contributed by atoms with Crippen LogP contribution in [0.5, 0.6) is 0 Å². The van der Waals surface area contributed by atoms with E-state index in [1.807, 2.05) is 21.1 Å². The van der Waals surface area contributed by atoms with E-state index in [0.29, 0.717) is 17.5 Å². The summed E-state index contributed by atoms with van der Waals surface area (Å²) in [4.78, 5) is 0. The molecule has 1 saturated heterocycles. The lowest BCUT2D eigenvalue weighted by atomic mass is 10.2. The van der Waals surface area contributed by atoms with E-state index in [1.165, 1.54) is 0 Å². The largest absolute Gasteiger partial charge is 0.328 e. The lowest BCUT2D eigenvalue weighted by Gasteiger charge is -2.30.